The van der Waals surface area contributed by atoms with Crippen molar-refractivity contribution >= 4 is 5.95 Å². The maximum Gasteiger partial charge on any atom is 0.225 e. The van der Waals surface area contributed by atoms with Gasteiger partial charge in [0.05, 0.1) is 21.3 Å². The number of piperazine rings is 1. The quantitative estimate of drug-likeness (QED) is 0.772. The molecule has 0 atom stereocenters. The van der Waals surface area contributed by atoms with Crippen molar-refractivity contribution in [1.82, 2.24) is 14.9 Å². The molecule has 146 valence electrons. The van der Waals surface area contributed by atoms with Crippen molar-refractivity contribution in [2.24, 2.45) is 0 Å². The molecule has 0 bridgehead atoms. The van der Waals surface area contributed by atoms with Crippen molar-refractivity contribution in [2.45, 2.75) is 20.4 Å². The highest BCUT2D eigenvalue weighted by Crippen LogP contribution is 2.40. The molecule has 1 aliphatic heterocycles. The molecule has 1 saturated heterocycles. The number of anilines is 1. The molecule has 2 heterocycles. The third-order valence-electron chi connectivity index (χ3n) is 4.81. The molecular formula is C20H28N4O3. The summed E-state index contributed by atoms with van der Waals surface area (Å²) < 4.78 is 16.5. The SMILES string of the molecule is COc1ccc(CN2CCN(c3nc(C)cc(C)n3)CC2)c(OC)c1OC. The zero-order valence-corrected chi connectivity index (χ0v) is 16.8. The minimum absolute atomic E-state index is 0.639. The molecule has 0 aliphatic carbocycles. The van der Waals surface area contributed by atoms with Crippen molar-refractivity contribution in [3.63, 3.8) is 0 Å². The van der Waals surface area contributed by atoms with Crippen molar-refractivity contribution < 1.29 is 14.2 Å². The Morgan fingerprint density at radius 3 is 2.04 bits per heavy atom. The molecule has 1 fully saturated rings. The van der Waals surface area contributed by atoms with E-state index in [0.29, 0.717) is 11.5 Å². The second-order valence-electron chi connectivity index (χ2n) is 6.71. The molecule has 7 nitrogen and oxygen atoms in total. The number of ether oxygens (including phenoxy) is 3. The molecule has 0 N–H and O–H groups in total. The third kappa shape index (κ3) is 4.24. The van der Waals surface area contributed by atoms with Gasteiger partial charge in [-0.05, 0) is 26.0 Å². The van der Waals surface area contributed by atoms with Crippen molar-refractivity contribution in [1.29, 1.82) is 0 Å². The number of rotatable bonds is 6. The second kappa shape index (κ2) is 8.43. The van der Waals surface area contributed by atoms with E-state index in [1.165, 1.54) is 0 Å². The van der Waals surface area contributed by atoms with Crippen LogP contribution in [0.25, 0.3) is 0 Å². The fraction of sp³-hybridized carbons (Fsp3) is 0.500. The molecule has 7 heteroatoms. The Bertz CT molecular complexity index is 769. The van der Waals surface area contributed by atoms with Crippen LogP contribution < -0.4 is 19.1 Å². The maximum absolute atomic E-state index is 5.61. The minimum atomic E-state index is 0.639. The van der Waals surface area contributed by atoms with Crippen LogP contribution in [0.4, 0.5) is 5.95 Å². The Labute approximate surface area is 160 Å². The van der Waals surface area contributed by atoms with E-state index in [1.807, 2.05) is 32.0 Å². The van der Waals surface area contributed by atoms with Gasteiger partial charge in [0.2, 0.25) is 11.7 Å². The summed E-state index contributed by atoms with van der Waals surface area (Å²) in [4.78, 5) is 13.8. The lowest BCUT2D eigenvalue weighted by Crippen LogP contribution is -2.46. The van der Waals surface area contributed by atoms with Crippen LogP contribution in [-0.2, 0) is 6.54 Å². The summed E-state index contributed by atoms with van der Waals surface area (Å²) in [6.45, 7) is 8.50. The molecule has 1 aliphatic rings. The van der Waals surface area contributed by atoms with Crippen LogP contribution >= 0.6 is 0 Å². The van der Waals surface area contributed by atoms with Gasteiger partial charge in [-0.1, -0.05) is 6.07 Å². The van der Waals surface area contributed by atoms with Crippen molar-refractivity contribution in [2.75, 3.05) is 52.4 Å². The van der Waals surface area contributed by atoms with Crippen LogP contribution in [0.1, 0.15) is 17.0 Å². The van der Waals surface area contributed by atoms with Crippen LogP contribution in [0, 0.1) is 13.8 Å². The normalized spacial score (nSPS) is 14.9. The molecule has 1 aromatic heterocycles. The smallest absolute Gasteiger partial charge is 0.225 e. The zero-order valence-electron chi connectivity index (χ0n) is 16.8. The molecular weight excluding hydrogens is 344 g/mol. The number of benzene rings is 1. The zero-order chi connectivity index (χ0) is 19.4. The van der Waals surface area contributed by atoms with Gasteiger partial charge in [0, 0.05) is 49.7 Å². The summed E-state index contributed by atoms with van der Waals surface area (Å²) in [5, 5.41) is 0. The number of aryl methyl sites for hydroxylation is 2. The molecule has 2 aromatic rings. The number of hydrogen-bond donors (Lipinski definition) is 0. The summed E-state index contributed by atoms with van der Waals surface area (Å²) in [7, 11) is 4.92. The van der Waals surface area contributed by atoms with Crippen molar-refractivity contribution in [3.8, 4) is 17.2 Å². The van der Waals surface area contributed by atoms with E-state index in [2.05, 4.69) is 19.8 Å². The summed E-state index contributed by atoms with van der Waals surface area (Å²) in [6.07, 6.45) is 0. The van der Waals surface area contributed by atoms with E-state index in [4.69, 9.17) is 14.2 Å². The summed E-state index contributed by atoms with van der Waals surface area (Å²) in [6, 6.07) is 5.97. The Morgan fingerprint density at radius 2 is 1.48 bits per heavy atom. The van der Waals surface area contributed by atoms with Gasteiger partial charge in [-0.15, -0.1) is 0 Å². The predicted molar refractivity (Wildman–Crippen MR) is 105 cm³/mol. The number of aromatic nitrogens is 2. The van der Waals surface area contributed by atoms with Crippen molar-refractivity contribution in [3.05, 3.63) is 35.2 Å². The number of methoxy groups -OCH3 is 3. The van der Waals surface area contributed by atoms with E-state index < -0.39 is 0 Å². The van der Waals surface area contributed by atoms with Gasteiger partial charge in [0.1, 0.15) is 0 Å². The number of hydrogen-bond acceptors (Lipinski definition) is 7. The standard InChI is InChI=1S/C20H28N4O3/c1-14-12-15(2)22-20(21-14)24-10-8-23(9-11-24)13-16-6-7-17(25-3)19(27-5)18(16)26-4/h6-7,12H,8-11,13H2,1-5H3. The van der Waals surface area contributed by atoms with Gasteiger partial charge in [-0.2, -0.15) is 0 Å². The minimum Gasteiger partial charge on any atom is -0.493 e. The van der Waals surface area contributed by atoms with Crippen LogP contribution in [0.3, 0.4) is 0 Å². The van der Waals surface area contributed by atoms with E-state index in [9.17, 15) is 0 Å². The van der Waals surface area contributed by atoms with Gasteiger partial charge in [-0.3, -0.25) is 4.90 Å². The predicted octanol–water partition coefficient (Wildman–Crippen LogP) is 2.44. The first kappa shape index (κ1) is 19.2. The highest BCUT2D eigenvalue weighted by molar-refractivity contribution is 5.55. The first-order valence-corrected chi connectivity index (χ1v) is 9.13. The van der Waals surface area contributed by atoms with Crippen LogP contribution in [0.15, 0.2) is 18.2 Å². The monoisotopic (exact) mass is 372 g/mol. The lowest BCUT2D eigenvalue weighted by atomic mass is 10.1. The van der Waals surface area contributed by atoms with Gasteiger partial charge in [0.15, 0.2) is 11.5 Å². The average molecular weight is 372 g/mol. The molecule has 3 rings (SSSR count). The van der Waals surface area contributed by atoms with Gasteiger partial charge >= 0.3 is 0 Å². The molecule has 1 aromatic carbocycles. The average Bonchev–Trinajstić information content (AvgIpc) is 2.67. The topological polar surface area (TPSA) is 60.0 Å². The van der Waals surface area contributed by atoms with E-state index in [-0.39, 0.29) is 0 Å². The van der Waals surface area contributed by atoms with Gasteiger partial charge < -0.3 is 19.1 Å². The highest BCUT2D eigenvalue weighted by atomic mass is 16.5. The van der Waals surface area contributed by atoms with E-state index in [0.717, 1.165) is 61.4 Å². The Kier molecular flexibility index (Phi) is 6.01. The van der Waals surface area contributed by atoms with Crippen LogP contribution in [-0.4, -0.2) is 62.4 Å². The number of nitrogens with zero attached hydrogens (tertiary/aromatic N) is 4. The van der Waals surface area contributed by atoms with E-state index >= 15 is 0 Å². The van der Waals surface area contributed by atoms with Crippen LogP contribution in [0.2, 0.25) is 0 Å². The second-order valence-corrected chi connectivity index (χ2v) is 6.71. The molecule has 0 saturated carbocycles. The fourth-order valence-electron chi connectivity index (χ4n) is 3.48. The highest BCUT2D eigenvalue weighted by Gasteiger charge is 2.22. The Morgan fingerprint density at radius 1 is 0.852 bits per heavy atom. The van der Waals surface area contributed by atoms with Gasteiger partial charge in [0.25, 0.3) is 0 Å². The maximum atomic E-state index is 5.61. The first-order valence-electron chi connectivity index (χ1n) is 9.13. The summed E-state index contributed by atoms with van der Waals surface area (Å²) in [5.74, 6) is 2.88. The Hall–Kier alpha value is -2.54. The van der Waals surface area contributed by atoms with Crippen LogP contribution in [0.5, 0.6) is 17.2 Å². The summed E-state index contributed by atoms with van der Waals surface area (Å²) in [5.41, 5.74) is 3.11. The molecule has 27 heavy (non-hydrogen) atoms. The third-order valence-corrected chi connectivity index (χ3v) is 4.81. The molecule has 0 unspecified atom stereocenters. The molecule has 0 radical (unpaired) electrons. The fourth-order valence-corrected chi connectivity index (χ4v) is 3.48. The lowest BCUT2D eigenvalue weighted by Gasteiger charge is -2.35. The lowest BCUT2D eigenvalue weighted by molar-refractivity contribution is 0.242. The molecule has 0 spiro atoms. The Balaban J connectivity index is 1.69. The molecule has 0 amide bonds. The largest absolute Gasteiger partial charge is 0.493 e. The van der Waals surface area contributed by atoms with Gasteiger partial charge in [-0.25, -0.2) is 9.97 Å². The van der Waals surface area contributed by atoms with E-state index in [1.54, 1.807) is 21.3 Å². The summed E-state index contributed by atoms with van der Waals surface area (Å²) >= 11 is 0. The first-order chi connectivity index (χ1) is 13.0.